The van der Waals surface area contributed by atoms with Crippen LogP contribution in [0.25, 0.3) is 0 Å². The number of nitrogens with two attached hydrogens (primary N) is 1. The van der Waals surface area contributed by atoms with Gasteiger partial charge in [0.05, 0.1) is 4.90 Å². The molecule has 1 aliphatic rings. The Morgan fingerprint density at radius 3 is 2.50 bits per heavy atom. The van der Waals surface area contributed by atoms with E-state index in [4.69, 9.17) is 17.3 Å². The molecule has 3 N–H and O–H groups in total. The third-order valence-electron chi connectivity index (χ3n) is 3.74. The molecule has 1 aromatic carbocycles. The average Bonchev–Trinajstić information content (AvgIpc) is 2.80. The summed E-state index contributed by atoms with van der Waals surface area (Å²) >= 11 is 5.89. The molecule has 114 valence electrons. The van der Waals surface area contributed by atoms with Crippen molar-refractivity contribution in [2.45, 2.75) is 43.0 Å². The highest BCUT2D eigenvalue weighted by molar-refractivity contribution is 7.89. The zero-order valence-corrected chi connectivity index (χ0v) is 13.7. The van der Waals surface area contributed by atoms with Crippen molar-refractivity contribution in [2.24, 2.45) is 5.73 Å². The maximum atomic E-state index is 12.5. The summed E-state index contributed by atoms with van der Waals surface area (Å²) in [7, 11) is -3.58. The average molecular weight is 339 g/mol. The van der Waals surface area contributed by atoms with Crippen LogP contribution in [0.15, 0.2) is 23.1 Å². The fourth-order valence-corrected chi connectivity index (χ4v) is 4.58. The first-order chi connectivity index (χ1) is 8.88. The van der Waals surface area contributed by atoms with Crippen LogP contribution in [-0.2, 0) is 10.0 Å². The first kappa shape index (κ1) is 17.7. The SMILES string of the molecule is Cc1ccc(Cl)cc1S(=O)(=O)NC1(CN)CCCC1.Cl. The number of aryl methyl sites for hydroxylation is 1. The van der Waals surface area contributed by atoms with Gasteiger partial charge < -0.3 is 5.73 Å². The summed E-state index contributed by atoms with van der Waals surface area (Å²) in [5.74, 6) is 0. The minimum atomic E-state index is -3.58. The van der Waals surface area contributed by atoms with E-state index < -0.39 is 15.6 Å². The maximum Gasteiger partial charge on any atom is 0.241 e. The highest BCUT2D eigenvalue weighted by Crippen LogP contribution is 2.31. The van der Waals surface area contributed by atoms with E-state index in [9.17, 15) is 8.42 Å². The van der Waals surface area contributed by atoms with E-state index in [2.05, 4.69) is 4.72 Å². The molecule has 0 atom stereocenters. The van der Waals surface area contributed by atoms with Crippen molar-refractivity contribution in [1.29, 1.82) is 0 Å². The minimum absolute atomic E-state index is 0. The van der Waals surface area contributed by atoms with Crippen LogP contribution in [0.2, 0.25) is 5.02 Å². The number of rotatable bonds is 4. The van der Waals surface area contributed by atoms with Gasteiger partial charge in [0, 0.05) is 17.1 Å². The predicted octanol–water partition coefficient (Wildman–Crippen LogP) is 2.62. The molecular weight excluding hydrogens is 319 g/mol. The summed E-state index contributed by atoms with van der Waals surface area (Å²) < 4.78 is 27.8. The Hall–Kier alpha value is -0.330. The number of benzene rings is 1. The second-order valence-corrected chi connectivity index (χ2v) is 7.29. The van der Waals surface area contributed by atoms with Gasteiger partial charge in [0.2, 0.25) is 10.0 Å². The molecule has 20 heavy (non-hydrogen) atoms. The zero-order chi connectivity index (χ0) is 14.1. The third-order valence-corrected chi connectivity index (χ3v) is 5.70. The van der Waals surface area contributed by atoms with Crippen LogP contribution in [0.5, 0.6) is 0 Å². The summed E-state index contributed by atoms with van der Waals surface area (Å²) in [6, 6.07) is 4.88. The van der Waals surface area contributed by atoms with Crippen LogP contribution < -0.4 is 10.5 Å². The Kier molecular flexibility index (Phi) is 5.87. The summed E-state index contributed by atoms with van der Waals surface area (Å²) in [5, 5.41) is 0.416. The van der Waals surface area contributed by atoms with Gasteiger partial charge in [-0.1, -0.05) is 30.5 Å². The smallest absolute Gasteiger partial charge is 0.241 e. The lowest BCUT2D eigenvalue weighted by Gasteiger charge is -2.28. The van der Waals surface area contributed by atoms with E-state index in [0.717, 1.165) is 25.7 Å². The lowest BCUT2D eigenvalue weighted by Crippen LogP contribution is -2.51. The second-order valence-electron chi connectivity index (χ2n) is 5.21. The fourth-order valence-electron chi connectivity index (χ4n) is 2.60. The molecule has 0 bridgehead atoms. The van der Waals surface area contributed by atoms with Crippen molar-refractivity contribution >= 4 is 34.0 Å². The van der Waals surface area contributed by atoms with Crippen LogP contribution in [0.3, 0.4) is 0 Å². The maximum absolute atomic E-state index is 12.5. The summed E-state index contributed by atoms with van der Waals surface area (Å²) in [4.78, 5) is 0.236. The Balaban J connectivity index is 0.00000200. The fraction of sp³-hybridized carbons (Fsp3) is 0.538. The molecule has 0 spiro atoms. The highest BCUT2D eigenvalue weighted by Gasteiger charge is 2.37. The van der Waals surface area contributed by atoms with Gasteiger partial charge in [-0.05, 0) is 37.5 Å². The van der Waals surface area contributed by atoms with Gasteiger partial charge in [-0.3, -0.25) is 0 Å². The lowest BCUT2D eigenvalue weighted by atomic mass is 10.0. The predicted molar refractivity (Wildman–Crippen MR) is 84.0 cm³/mol. The molecule has 1 saturated carbocycles. The number of sulfonamides is 1. The van der Waals surface area contributed by atoms with Crippen molar-refractivity contribution < 1.29 is 8.42 Å². The molecule has 0 unspecified atom stereocenters. The Morgan fingerprint density at radius 1 is 1.35 bits per heavy atom. The highest BCUT2D eigenvalue weighted by atomic mass is 35.5. The second kappa shape index (κ2) is 6.62. The van der Waals surface area contributed by atoms with Crippen LogP contribution >= 0.6 is 24.0 Å². The van der Waals surface area contributed by atoms with Crippen LogP contribution in [0.1, 0.15) is 31.2 Å². The van der Waals surface area contributed by atoms with E-state index in [1.165, 1.54) is 6.07 Å². The van der Waals surface area contributed by atoms with Crippen molar-refractivity contribution in [2.75, 3.05) is 6.54 Å². The standard InChI is InChI=1S/C13H19ClN2O2S.ClH/c1-10-4-5-11(14)8-12(10)19(17,18)16-13(9-15)6-2-3-7-13;/h4-5,8,16H,2-3,6-7,9,15H2,1H3;1H. The van der Waals surface area contributed by atoms with Crippen LogP contribution in [0, 0.1) is 6.92 Å². The molecule has 2 rings (SSSR count). The van der Waals surface area contributed by atoms with Gasteiger partial charge in [0.15, 0.2) is 0 Å². The van der Waals surface area contributed by atoms with Crippen LogP contribution in [-0.4, -0.2) is 20.5 Å². The van der Waals surface area contributed by atoms with Gasteiger partial charge in [0.25, 0.3) is 0 Å². The molecule has 0 heterocycles. The molecule has 1 aliphatic carbocycles. The largest absolute Gasteiger partial charge is 0.329 e. The summed E-state index contributed by atoms with van der Waals surface area (Å²) in [5.41, 5.74) is 5.96. The van der Waals surface area contributed by atoms with Gasteiger partial charge in [-0.2, -0.15) is 0 Å². The first-order valence-corrected chi connectivity index (χ1v) is 8.25. The Bertz CT molecular complexity index is 570. The van der Waals surface area contributed by atoms with Crippen molar-refractivity contribution in [3.63, 3.8) is 0 Å². The molecule has 7 heteroatoms. The number of halogens is 2. The molecule has 4 nitrogen and oxygen atoms in total. The molecular formula is C13H20Cl2N2O2S. The topological polar surface area (TPSA) is 72.2 Å². The molecule has 0 saturated heterocycles. The Morgan fingerprint density at radius 2 is 1.95 bits per heavy atom. The normalized spacial score (nSPS) is 17.8. The first-order valence-electron chi connectivity index (χ1n) is 6.39. The molecule has 0 radical (unpaired) electrons. The van der Waals surface area contributed by atoms with E-state index in [1.54, 1.807) is 19.1 Å². The molecule has 1 fully saturated rings. The minimum Gasteiger partial charge on any atom is -0.329 e. The number of nitrogens with one attached hydrogen (secondary N) is 1. The van der Waals surface area contributed by atoms with Gasteiger partial charge in [-0.15, -0.1) is 12.4 Å². The van der Waals surface area contributed by atoms with Crippen molar-refractivity contribution in [3.8, 4) is 0 Å². The quantitative estimate of drug-likeness (QED) is 0.886. The summed E-state index contributed by atoms with van der Waals surface area (Å²) in [6.07, 6.45) is 3.60. The van der Waals surface area contributed by atoms with Crippen molar-refractivity contribution in [1.82, 2.24) is 4.72 Å². The number of hydrogen-bond donors (Lipinski definition) is 2. The zero-order valence-electron chi connectivity index (χ0n) is 11.4. The van der Waals surface area contributed by atoms with Gasteiger partial charge >= 0.3 is 0 Å². The molecule has 0 aromatic heterocycles. The van der Waals surface area contributed by atoms with Gasteiger partial charge in [-0.25, -0.2) is 13.1 Å². The molecule has 0 amide bonds. The van der Waals surface area contributed by atoms with E-state index in [-0.39, 0.29) is 17.3 Å². The van der Waals surface area contributed by atoms with Crippen LogP contribution in [0.4, 0.5) is 0 Å². The Labute approximate surface area is 131 Å². The van der Waals surface area contributed by atoms with Gasteiger partial charge in [0.1, 0.15) is 0 Å². The molecule has 0 aliphatic heterocycles. The van der Waals surface area contributed by atoms with Crippen molar-refractivity contribution in [3.05, 3.63) is 28.8 Å². The summed E-state index contributed by atoms with van der Waals surface area (Å²) in [6.45, 7) is 2.08. The van der Waals surface area contributed by atoms with E-state index >= 15 is 0 Å². The van der Waals surface area contributed by atoms with E-state index in [1.807, 2.05) is 0 Å². The lowest BCUT2D eigenvalue weighted by molar-refractivity contribution is 0.399. The molecule has 1 aromatic rings. The third kappa shape index (κ3) is 3.65. The number of hydrogen-bond acceptors (Lipinski definition) is 3. The van der Waals surface area contributed by atoms with E-state index in [0.29, 0.717) is 17.1 Å². The monoisotopic (exact) mass is 338 g/mol.